The van der Waals surface area contributed by atoms with Gasteiger partial charge >= 0.3 is 6.03 Å². The quantitative estimate of drug-likeness (QED) is 0.874. The van der Waals surface area contributed by atoms with Crippen LogP contribution in [0.5, 0.6) is 0 Å². The van der Waals surface area contributed by atoms with Crippen molar-refractivity contribution in [1.82, 2.24) is 10.2 Å². The average molecular weight is 340 g/mol. The summed E-state index contributed by atoms with van der Waals surface area (Å²) in [5, 5.41) is 5.64. The van der Waals surface area contributed by atoms with E-state index in [1.807, 2.05) is 0 Å². The van der Waals surface area contributed by atoms with Gasteiger partial charge in [-0.15, -0.1) is 0 Å². The minimum atomic E-state index is -0.526. The lowest BCUT2D eigenvalue weighted by atomic mass is 10.1. The Bertz CT molecular complexity index is 543. The van der Waals surface area contributed by atoms with Gasteiger partial charge in [-0.1, -0.05) is 30.5 Å². The van der Waals surface area contributed by atoms with Gasteiger partial charge in [0.15, 0.2) is 0 Å². The van der Waals surface area contributed by atoms with Crippen LogP contribution in [0.4, 0.5) is 14.9 Å². The molecular weight excluding hydrogens is 317 g/mol. The molecule has 1 aliphatic heterocycles. The van der Waals surface area contributed by atoms with Crippen LogP contribution in [0, 0.1) is 11.7 Å². The molecule has 2 fully saturated rings. The summed E-state index contributed by atoms with van der Waals surface area (Å²) in [7, 11) is 0. The number of rotatable bonds is 4. The van der Waals surface area contributed by atoms with Gasteiger partial charge in [0, 0.05) is 25.7 Å². The maximum absolute atomic E-state index is 13.7. The van der Waals surface area contributed by atoms with Crippen molar-refractivity contribution in [2.45, 2.75) is 38.1 Å². The van der Waals surface area contributed by atoms with E-state index in [2.05, 4.69) is 15.5 Å². The fourth-order valence-corrected chi connectivity index (χ4v) is 3.84. The first-order valence-corrected chi connectivity index (χ1v) is 8.73. The van der Waals surface area contributed by atoms with Crippen molar-refractivity contribution in [1.29, 1.82) is 0 Å². The molecule has 1 unspecified atom stereocenters. The molecule has 0 radical (unpaired) electrons. The van der Waals surface area contributed by atoms with Crippen molar-refractivity contribution in [2.24, 2.45) is 5.92 Å². The zero-order chi connectivity index (χ0) is 16.2. The summed E-state index contributed by atoms with van der Waals surface area (Å²) in [6.07, 6.45) is 6.31. The van der Waals surface area contributed by atoms with Gasteiger partial charge in [-0.2, -0.15) is 0 Å². The van der Waals surface area contributed by atoms with Crippen LogP contribution >= 0.6 is 11.6 Å². The van der Waals surface area contributed by atoms with Crippen LogP contribution < -0.4 is 10.6 Å². The molecular formula is C17H23ClFN3O. The predicted molar refractivity (Wildman–Crippen MR) is 90.4 cm³/mol. The summed E-state index contributed by atoms with van der Waals surface area (Å²) in [4.78, 5) is 14.5. The molecule has 2 aliphatic rings. The Hall–Kier alpha value is -1.33. The van der Waals surface area contributed by atoms with Gasteiger partial charge < -0.3 is 15.5 Å². The van der Waals surface area contributed by atoms with Crippen LogP contribution in [0.25, 0.3) is 0 Å². The number of urea groups is 1. The van der Waals surface area contributed by atoms with Crippen molar-refractivity contribution < 1.29 is 9.18 Å². The largest absolute Gasteiger partial charge is 0.334 e. The number of anilines is 1. The average Bonchev–Trinajstić information content (AvgIpc) is 3.16. The van der Waals surface area contributed by atoms with Gasteiger partial charge in [0.25, 0.3) is 0 Å². The summed E-state index contributed by atoms with van der Waals surface area (Å²) in [5.74, 6) is 0.293. The molecule has 0 bridgehead atoms. The molecule has 1 aliphatic carbocycles. The van der Waals surface area contributed by atoms with Crippen LogP contribution in [-0.2, 0) is 0 Å². The molecule has 3 rings (SSSR count). The molecule has 1 saturated heterocycles. The monoisotopic (exact) mass is 339 g/mol. The van der Waals surface area contributed by atoms with Crippen molar-refractivity contribution in [3.8, 4) is 0 Å². The highest BCUT2D eigenvalue weighted by Crippen LogP contribution is 2.27. The van der Waals surface area contributed by atoms with Crippen LogP contribution in [0.15, 0.2) is 18.2 Å². The zero-order valence-corrected chi connectivity index (χ0v) is 13.9. The Morgan fingerprint density at radius 2 is 2.09 bits per heavy atom. The molecule has 1 saturated carbocycles. The standard InChI is InChI=1S/C17H23ClFN3O/c18-14-6-3-7-15(19)16(14)21-17(23)20-13-8-9-22(11-13)10-12-4-1-2-5-12/h3,6-7,12-13H,1-2,4-5,8-11H2,(H2,20,21,23). The second-order valence-corrected chi connectivity index (χ2v) is 7.00. The fraction of sp³-hybridized carbons (Fsp3) is 0.588. The Morgan fingerprint density at radius 1 is 1.30 bits per heavy atom. The van der Waals surface area contributed by atoms with E-state index < -0.39 is 11.8 Å². The van der Waals surface area contributed by atoms with Crippen molar-refractivity contribution in [3.63, 3.8) is 0 Å². The van der Waals surface area contributed by atoms with Crippen molar-refractivity contribution >= 4 is 23.3 Å². The van der Waals surface area contributed by atoms with E-state index in [0.717, 1.165) is 32.0 Å². The minimum Gasteiger partial charge on any atom is -0.334 e. The molecule has 1 aromatic carbocycles. The molecule has 4 nitrogen and oxygen atoms in total. The number of carbonyl (C=O) groups is 1. The molecule has 0 spiro atoms. The number of nitrogens with one attached hydrogen (secondary N) is 2. The highest BCUT2D eigenvalue weighted by atomic mass is 35.5. The van der Waals surface area contributed by atoms with E-state index in [9.17, 15) is 9.18 Å². The molecule has 2 amide bonds. The second-order valence-electron chi connectivity index (χ2n) is 6.59. The summed E-state index contributed by atoms with van der Waals surface area (Å²) in [5.41, 5.74) is 0.0347. The van der Waals surface area contributed by atoms with E-state index in [1.54, 1.807) is 6.07 Å². The van der Waals surface area contributed by atoms with E-state index in [1.165, 1.54) is 37.8 Å². The molecule has 0 aromatic heterocycles. The predicted octanol–water partition coefficient (Wildman–Crippen LogP) is 3.87. The minimum absolute atomic E-state index is 0.0347. The highest BCUT2D eigenvalue weighted by Gasteiger charge is 2.27. The Kier molecular flexibility index (Phi) is 5.38. The Labute approximate surface area is 141 Å². The van der Waals surface area contributed by atoms with Gasteiger partial charge in [0.2, 0.25) is 0 Å². The van der Waals surface area contributed by atoms with Crippen LogP contribution in [0.2, 0.25) is 5.02 Å². The van der Waals surface area contributed by atoms with Crippen LogP contribution in [0.3, 0.4) is 0 Å². The number of halogens is 2. The van der Waals surface area contributed by atoms with Crippen molar-refractivity contribution in [3.05, 3.63) is 29.0 Å². The van der Waals surface area contributed by atoms with E-state index >= 15 is 0 Å². The maximum atomic E-state index is 13.7. The van der Waals surface area contributed by atoms with Gasteiger partial charge in [-0.05, 0) is 37.3 Å². The van der Waals surface area contributed by atoms with Crippen LogP contribution in [0.1, 0.15) is 32.1 Å². The second kappa shape index (κ2) is 7.49. The molecule has 2 N–H and O–H groups in total. The zero-order valence-electron chi connectivity index (χ0n) is 13.2. The number of benzene rings is 1. The molecule has 6 heteroatoms. The molecule has 1 aromatic rings. The van der Waals surface area contributed by atoms with Crippen molar-refractivity contribution in [2.75, 3.05) is 25.0 Å². The number of carbonyl (C=O) groups excluding carboxylic acids is 1. The summed E-state index contributed by atoms with van der Waals surface area (Å²) >= 11 is 5.92. The van der Waals surface area contributed by atoms with E-state index in [0.29, 0.717) is 0 Å². The third-order valence-corrected chi connectivity index (χ3v) is 5.11. The third kappa shape index (κ3) is 4.36. The fourth-order valence-electron chi connectivity index (χ4n) is 3.63. The topological polar surface area (TPSA) is 44.4 Å². The summed E-state index contributed by atoms with van der Waals surface area (Å²) < 4.78 is 13.7. The van der Waals surface area contributed by atoms with Gasteiger partial charge in [0.05, 0.1) is 10.7 Å². The van der Waals surface area contributed by atoms with Gasteiger partial charge in [-0.25, -0.2) is 9.18 Å². The lowest BCUT2D eigenvalue weighted by Gasteiger charge is -2.20. The third-order valence-electron chi connectivity index (χ3n) is 4.80. The molecule has 126 valence electrons. The highest BCUT2D eigenvalue weighted by molar-refractivity contribution is 6.33. The van der Waals surface area contributed by atoms with Gasteiger partial charge in [-0.3, -0.25) is 0 Å². The smallest absolute Gasteiger partial charge is 0.319 e. The lowest BCUT2D eigenvalue weighted by Crippen LogP contribution is -2.40. The normalized spacial score (nSPS) is 22.4. The molecule has 1 atom stereocenters. The SMILES string of the molecule is O=C(Nc1c(F)cccc1Cl)NC1CCN(CC2CCCC2)C1. The lowest BCUT2D eigenvalue weighted by molar-refractivity contribution is 0.245. The Morgan fingerprint density at radius 3 is 2.83 bits per heavy atom. The number of para-hydroxylation sites is 1. The van der Waals surface area contributed by atoms with E-state index in [-0.39, 0.29) is 16.8 Å². The first-order chi connectivity index (χ1) is 11.1. The number of hydrogen-bond donors (Lipinski definition) is 2. The summed E-state index contributed by atoms with van der Waals surface area (Å²) in [6.45, 7) is 3.02. The number of amides is 2. The summed E-state index contributed by atoms with van der Waals surface area (Å²) in [6, 6.07) is 4.06. The van der Waals surface area contributed by atoms with E-state index in [4.69, 9.17) is 11.6 Å². The maximum Gasteiger partial charge on any atom is 0.319 e. The number of nitrogens with zero attached hydrogens (tertiary/aromatic N) is 1. The van der Waals surface area contributed by atoms with Gasteiger partial charge in [0.1, 0.15) is 5.82 Å². The van der Waals surface area contributed by atoms with Crippen LogP contribution in [-0.4, -0.2) is 36.6 Å². The molecule has 23 heavy (non-hydrogen) atoms. The Balaban J connectivity index is 1.47. The first kappa shape index (κ1) is 16.5. The first-order valence-electron chi connectivity index (χ1n) is 8.35. The number of likely N-dealkylation sites (tertiary alicyclic amines) is 1. The number of hydrogen-bond acceptors (Lipinski definition) is 2. The molecule has 1 heterocycles.